The Bertz CT molecular complexity index is 404. The SMILES string of the molecule is CCC(C)CN(C)c1cc(C)c(F)cc1[C@H](C)O. The van der Waals surface area contributed by atoms with E-state index in [2.05, 4.69) is 18.7 Å². The molecule has 1 aromatic carbocycles. The summed E-state index contributed by atoms with van der Waals surface area (Å²) in [6, 6.07) is 3.27. The third-order valence-electron chi connectivity index (χ3n) is 3.45. The van der Waals surface area contributed by atoms with E-state index in [9.17, 15) is 9.50 Å². The molecule has 2 nitrogen and oxygen atoms in total. The van der Waals surface area contributed by atoms with Crippen LogP contribution in [0.25, 0.3) is 0 Å². The summed E-state index contributed by atoms with van der Waals surface area (Å²) in [6.07, 6.45) is 0.448. The lowest BCUT2D eigenvalue weighted by Gasteiger charge is -2.27. The number of halogens is 1. The first kappa shape index (κ1) is 15.0. The molecule has 1 rings (SSSR count). The highest BCUT2D eigenvalue weighted by molar-refractivity contribution is 5.56. The summed E-state index contributed by atoms with van der Waals surface area (Å²) in [5, 5.41) is 9.77. The van der Waals surface area contributed by atoms with Gasteiger partial charge < -0.3 is 10.0 Å². The van der Waals surface area contributed by atoms with Crippen molar-refractivity contribution in [3.63, 3.8) is 0 Å². The summed E-state index contributed by atoms with van der Waals surface area (Å²) in [5.74, 6) is 0.314. The number of aliphatic hydroxyl groups excluding tert-OH is 1. The van der Waals surface area contributed by atoms with Crippen LogP contribution in [0.5, 0.6) is 0 Å². The lowest BCUT2D eigenvalue weighted by molar-refractivity contribution is 0.199. The summed E-state index contributed by atoms with van der Waals surface area (Å²) >= 11 is 0. The van der Waals surface area contributed by atoms with Crippen molar-refractivity contribution in [2.75, 3.05) is 18.5 Å². The normalized spacial score (nSPS) is 14.4. The van der Waals surface area contributed by atoms with Gasteiger partial charge in [0.2, 0.25) is 0 Å². The standard InChI is InChI=1S/C15H24FNO/c1-6-10(2)9-17(5)15-7-11(3)14(16)8-13(15)12(4)18/h7-8,10,12,18H,6,9H2,1-5H3/t10?,12-/m0/s1. The van der Waals surface area contributed by atoms with Crippen LogP contribution in [0.15, 0.2) is 12.1 Å². The molecule has 0 aromatic heterocycles. The quantitative estimate of drug-likeness (QED) is 0.865. The van der Waals surface area contributed by atoms with Gasteiger partial charge in [-0.25, -0.2) is 4.39 Å². The molecule has 0 bridgehead atoms. The summed E-state index contributed by atoms with van der Waals surface area (Å²) in [5.41, 5.74) is 2.19. The molecule has 18 heavy (non-hydrogen) atoms. The molecule has 1 aromatic rings. The van der Waals surface area contributed by atoms with E-state index < -0.39 is 6.10 Å². The van der Waals surface area contributed by atoms with Crippen LogP contribution < -0.4 is 4.90 Å². The molecule has 0 radical (unpaired) electrons. The van der Waals surface area contributed by atoms with E-state index in [4.69, 9.17) is 0 Å². The Labute approximate surface area is 109 Å². The molecule has 1 unspecified atom stereocenters. The molecule has 0 heterocycles. The molecule has 3 heteroatoms. The molecule has 0 amide bonds. The zero-order valence-corrected chi connectivity index (χ0v) is 12.0. The van der Waals surface area contributed by atoms with Crippen molar-refractivity contribution in [3.8, 4) is 0 Å². The number of rotatable bonds is 5. The second-order valence-electron chi connectivity index (χ2n) is 5.23. The van der Waals surface area contributed by atoms with Crippen LogP contribution in [0.3, 0.4) is 0 Å². The Kier molecular flexibility index (Phi) is 5.15. The van der Waals surface area contributed by atoms with Gasteiger partial charge in [-0.3, -0.25) is 0 Å². The molecule has 2 atom stereocenters. The molecule has 0 saturated carbocycles. The number of nitrogens with zero attached hydrogens (tertiary/aromatic N) is 1. The molecular formula is C15H24FNO. The number of aliphatic hydroxyl groups is 1. The van der Waals surface area contributed by atoms with Gasteiger partial charge in [-0.1, -0.05) is 20.3 Å². The van der Waals surface area contributed by atoms with Crippen LogP contribution >= 0.6 is 0 Å². The third-order valence-corrected chi connectivity index (χ3v) is 3.45. The Morgan fingerprint density at radius 2 is 1.94 bits per heavy atom. The predicted octanol–water partition coefficient (Wildman–Crippen LogP) is 3.67. The minimum atomic E-state index is -0.658. The largest absolute Gasteiger partial charge is 0.389 e. The number of benzene rings is 1. The van der Waals surface area contributed by atoms with Gasteiger partial charge in [0, 0.05) is 24.8 Å². The second-order valence-corrected chi connectivity index (χ2v) is 5.23. The summed E-state index contributed by atoms with van der Waals surface area (Å²) in [7, 11) is 1.99. The van der Waals surface area contributed by atoms with Crippen molar-refractivity contribution < 1.29 is 9.50 Å². The van der Waals surface area contributed by atoms with Crippen LogP contribution in [0.2, 0.25) is 0 Å². The van der Waals surface area contributed by atoms with Gasteiger partial charge in [0.05, 0.1) is 6.10 Å². The first-order valence-corrected chi connectivity index (χ1v) is 6.56. The Morgan fingerprint density at radius 1 is 1.33 bits per heavy atom. The number of hydrogen-bond acceptors (Lipinski definition) is 2. The van der Waals surface area contributed by atoms with E-state index in [-0.39, 0.29) is 5.82 Å². The highest BCUT2D eigenvalue weighted by atomic mass is 19.1. The van der Waals surface area contributed by atoms with E-state index in [1.54, 1.807) is 13.8 Å². The maximum absolute atomic E-state index is 13.6. The fraction of sp³-hybridized carbons (Fsp3) is 0.600. The topological polar surface area (TPSA) is 23.5 Å². The van der Waals surface area contributed by atoms with Crippen molar-refractivity contribution >= 4 is 5.69 Å². The Hall–Kier alpha value is -1.09. The molecule has 0 aliphatic heterocycles. The van der Waals surface area contributed by atoms with Crippen molar-refractivity contribution in [2.45, 2.75) is 40.2 Å². The van der Waals surface area contributed by atoms with Gasteiger partial charge >= 0.3 is 0 Å². The van der Waals surface area contributed by atoms with Gasteiger partial charge in [-0.05, 0) is 37.5 Å². The van der Waals surface area contributed by atoms with Crippen LogP contribution in [0.1, 0.15) is 44.4 Å². The average molecular weight is 253 g/mol. The average Bonchev–Trinajstić information content (AvgIpc) is 2.31. The maximum atomic E-state index is 13.6. The van der Waals surface area contributed by atoms with Crippen LogP contribution in [0.4, 0.5) is 10.1 Å². The molecule has 0 aliphatic carbocycles. The number of hydrogen-bond donors (Lipinski definition) is 1. The molecule has 0 saturated heterocycles. The van der Waals surface area contributed by atoms with Crippen LogP contribution in [-0.2, 0) is 0 Å². The highest BCUT2D eigenvalue weighted by Crippen LogP contribution is 2.29. The monoisotopic (exact) mass is 253 g/mol. The predicted molar refractivity (Wildman–Crippen MR) is 74.5 cm³/mol. The number of anilines is 1. The van der Waals surface area contributed by atoms with Gasteiger partial charge in [0.1, 0.15) is 5.82 Å². The van der Waals surface area contributed by atoms with E-state index >= 15 is 0 Å². The smallest absolute Gasteiger partial charge is 0.126 e. The molecular weight excluding hydrogens is 229 g/mol. The van der Waals surface area contributed by atoms with Gasteiger partial charge in [-0.2, -0.15) is 0 Å². The van der Waals surface area contributed by atoms with Crippen molar-refractivity contribution in [2.24, 2.45) is 5.92 Å². The third kappa shape index (κ3) is 3.45. The second kappa shape index (κ2) is 6.19. The van der Waals surface area contributed by atoms with E-state index in [0.717, 1.165) is 18.7 Å². The number of aryl methyl sites for hydroxylation is 1. The first-order chi connectivity index (χ1) is 8.36. The fourth-order valence-electron chi connectivity index (χ4n) is 2.04. The molecule has 102 valence electrons. The minimum Gasteiger partial charge on any atom is -0.389 e. The van der Waals surface area contributed by atoms with Crippen LogP contribution in [-0.4, -0.2) is 18.7 Å². The molecule has 1 N–H and O–H groups in total. The maximum Gasteiger partial charge on any atom is 0.126 e. The summed E-state index contributed by atoms with van der Waals surface area (Å²) < 4.78 is 13.6. The summed E-state index contributed by atoms with van der Waals surface area (Å²) in [4.78, 5) is 2.10. The van der Waals surface area contributed by atoms with Crippen molar-refractivity contribution in [1.82, 2.24) is 0 Å². The zero-order chi connectivity index (χ0) is 13.9. The van der Waals surface area contributed by atoms with Gasteiger partial charge in [-0.15, -0.1) is 0 Å². The van der Waals surface area contributed by atoms with Crippen molar-refractivity contribution in [1.29, 1.82) is 0 Å². The molecule has 0 fully saturated rings. The van der Waals surface area contributed by atoms with Crippen molar-refractivity contribution in [3.05, 3.63) is 29.1 Å². The lowest BCUT2D eigenvalue weighted by atomic mass is 10.0. The fourth-order valence-corrected chi connectivity index (χ4v) is 2.04. The Balaban J connectivity index is 3.09. The van der Waals surface area contributed by atoms with E-state index in [1.165, 1.54) is 6.07 Å². The minimum absolute atomic E-state index is 0.258. The Morgan fingerprint density at radius 3 is 2.44 bits per heavy atom. The van der Waals surface area contributed by atoms with Gasteiger partial charge in [0.15, 0.2) is 0 Å². The van der Waals surface area contributed by atoms with E-state index in [0.29, 0.717) is 17.0 Å². The summed E-state index contributed by atoms with van der Waals surface area (Å²) in [6.45, 7) is 8.67. The van der Waals surface area contributed by atoms with Crippen LogP contribution in [0, 0.1) is 18.7 Å². The molecule has 0 aliphatic rings. The molecule has 0 spiro atoms. The lowest BCUT2D eigenvalue weighted by Crippen LogP contribution is -2.25. The van der Waals surface area contributed by atoms with Gasteiger partial charge in [0.25, 0.3) is 0 Å². The van der Waals surface area contributed by atoms with E-state index in [1.807, 2.05) is 13.1 Å². The highest BCUT2D eigenvalue weighted by Gasteiger charge is 2.15. The zero-order valence-electron chi connectivity index (χ0n) is 12.0. The first-order valence-electron chi connectivity index (χ1n) is 6.56.